The topological polar surface area (TPSA) is 69.2 Å². The summed E-state index contributed by atoms with van der Waals surface area (Å²) in [4.78, 5) is 13.7. The number of rotatable bonds is 11. The van der Waals surface area contributed by atoms with Crippen LogP contribution in [0, 0.1) is 5.92 Å². The molecule has 0 fully saturated rings. The predicted octanol–water partition coefficient (Wildman–Crippen LogP) is 8.96. The monoisotopic (exact) mass is 1320 g/mol. The fourth-order valence-corrected chi connectivity index (χ4v) is 13.9. The first-order chi connectivity index (χ1) is 47.7. The molecule has 0 saturated carbocycles. The first-order valence-electron chi connectivity index (χ1n) is 34.2. The summed E-state index contributed by atoms with van der Waals surface area (Å²) in [6.07, 6.45) is 25.0. The normalized spacial score (nSPS) is 15.4. The molecule has 504 valence electrons. The van der Waals surface area contributed by atoms with Gasteiger partial charge in [0.25, 0.3) is 40.2 Å². The maximum atomic E-state index is 2.39. The Morgan fingerprint density at radius 3 is 1.46 bits per heavy atom. The van der Waals surface area contributed by atoms with Gasteiger partial charge in [-0.1, -0.05) is 65.7 Å². The number of benzene rings is 3. The number of aryl methyl sites for hydroxylation is 5. The van der Waals surface area contributed by atoms with Crippen LogP contribution in [0.5, 0.6) is 0 Å². The van der Waals surface area contributed by atoms with Crippen molar-refractivity contribution in [1.82, 2.24) is 23.7 Å². The standard InChI is InChI=1S/C26H30N3.C21H25N5.C19H23N5.C15H21N5/c1-19(2)18-20-10-8-12-22-21(20)15-16-26(28(22)4)25-14-9-13-24(29(25)5)23-11-6-7-17-27(23)3;1-17-22(2)13-15-25(17)20-12-8-11-19(24(20)4)21-23(3)14-16-26(21)18-9-6-5-7-10-18;1-15-21(3)16-9-5-6-10-17(16)24(15)19-12-7-11-18(22(19)4)23-14-8-13-20(23)2;1-13-16(2)11-12-19(13)14-7-5-8-15(18(14)4)20-10-6-9-17(20)3/h6-17,19H,18H2,1-5H3;5-17H,1-4H3;5-15H,1-4H3;5-13H,1-4H3/q+3;3*+2/t;17-;15-;13-/m.000/s1. The van der Waals surface area contributed by atoms with E-state index in [9.17, 15) is 0 Å². The number of anilines is 5. The maximum Gasteiger partial charge on any atom is 0.334 e. The highest BCUT2D eigenvalue weighted by Gasteiger charge is 2.39. The van der Waals surface area contributed by atoms with Gasteiger partial charge in [-0.2, -0.15) is 18.3 Å². The Bertz CT molecular complexity index is 4920. The van der Waals surface area contributed by atoms with E-state index in [1.54, 1.807) is 0 Å². The zero-order chi connectivity index (χ0) is 69.9. The fraction of sp³-hybridized carbons (Fsp3) is 0.272. The van der Waals surface area contributed by atoms with Crippen molar-refractivity contribution >= 4 is 39.7 Å². The van der Waals surface area contributed by atoms with E-state index in [1.807, 2.05) is 44.7 Å². The Kier molecular flexibility index (Phi) is 19.7. The van der Waals surface area contributed by atoms with Crippen LogP contribution in [0.4, 0.5) is 28.8 Å². The Hall–Kier alpha value is -11.3. The SMILES string of the molecule is CC(C)Cc1cccc2c1ccc(-c1cccc(-c3cccc[n+]3C)[n+]1C)[n+]2C.C[C@H]1N(C)C=CN1c1cccc(-c2n(-c3ccccc3)cc[n+]2C)[n+]1C.C[C@H]1N(C)C=CN1c1cccc(-n2ccc[n+]2C)[n+]1C.C[C@H]1N(C)c2ccccc2N1c1cccc(-n2ccc[n+]2C)[n+]1C. The van der Waals surface area contributed by atoms with Crippen molar-refractivity contribution < 1.29 is 41.3 Å². The van der Waals surface area contributed by atoms with E-state index in [-0.39, 0.29) is 6.17 Å². The average Bonchev–Trinajstić information content (AvgIpc) is 1.71. The number of pyridine rings is 6. The minimum atomic E-state index is 0.266. The lowest BCUT2D eigenvalue weighted by Gasteiger charge is -2.24. The zero-order valence-electron chi connectivity index (χ0n) is 60.8. The first-order valence-corrected chi connectivity index (χ1v) is 34.2. The zero-order valence-corrected chi connectivity index (χ0v) is 60.8. The first kappa shape index (κ1) is 67.7. The van der Waals surface area contributed by atoms with Gasteiger partial charge in [-0.05, 0) is 115 Å². The highest BCUT2D eigenvalue weighted by atomic mass is 15.5. The molecule has 18 nitrogen and oxygen atoms in total. The third kappa shape index (κ3) is 13.3. The molecule has 0 N–H and O–H groups in total. The van der Waals surface area contributed by atoms with Crippen LogP contribution in [0.1, 0.15) is 40.2 Å². The predicted molar refractivity (Wildman–Crippen MR) is 391 cm³/mol. The summed E-state index contributed by atoms with van der Waals surface area (Å²) in [6.45, 7) is 11.2. The molecule has 0 amide bonds. The molecule has 3 aliphatic rings. The molecule has 0 unspecified atom stereocenters. The lowest BCUT2D eigenvalue weighted by molar-refractivity contribution is -0.763. The van der Waals surface area contributed by atoms with Crippen LogP contribution in [0.2, 0.25) is 0 Å². The second kappa shape index (κ2) is 28.8. The number of hydrogen-bond donors (Lipinski definition) is 0. The summed E-state index contributed by atoms with van der Waals surface area (Å²) in [7, 11) is 25.3. The van der Waals surface area contributed by atoms with Gasteiger partial charge in [0.05, 0.1) is 40.1 Å². The third-order valence-corrected chi connectivity index (χ3v) is 19.9. The molecule has 0 radical (unpaired) electrons. The van der Waals surface area contributed by atoms with E-state index >= 15 is 0 Å². The molecule has 15 rings (SSSR count). The third-order valence-electron chi connectivity index (χ3n) is 19.9. The lowest BCUT2D eigenvalue weighted by atomic mass is 9.98. The molecule has 3 aliphatic heterocycles. The number of hydrogen-bond acceptors (Lipinski definition) is 6. The molecule has 12 heterocycles. The molecule has 0 spiro atoms. The molecule has 0 saturated heterocycles. The fourth-order valence-electron chi connectivity index (χ4n) is 13.9. The quantitative estimate of drug-likeness (QED) is 0.121. The van der Waals surface area contributed by atoms with E-state index in [2.05, 4.69) is 415 Å². The Labute approximate surface area is 584 Å². The van der Waals surface area contributed by atoms with Gasteiger partial charge in [-0.25, -0.2) is 33.0 Å². The Morgan fingerprint density at radius 1 is 0.374 bits per heavy atom. The van der Waals surface area contributed by atoms with Crippen LogP contribution < -0.4 is 60.9 Å². The van der Waals surface area contributed by atoms with Crippen molar-refractivity contribution in [3.63, 3.8) is 0 Å². The van der Waals surface area contributed by atoms with Gasteiger partial charge in [0.2, 0.25) is 35.2 Å². The maximum absolute atomic E-state index is 2.39. The van der Waals surface area contributed by atoms with E-state index in [4.69, 9.17) is 0 Å². The summed E-state index contributed by atoms with van der Waals surface area (Å²) in [6, 6.07) is 66.5. The molecule has 0 aliphatic carbocycles. The summed E-state index contributed by atoms with van der Waals surface area (Å²) >= 11 is 0. The molecule has 3 atom stereocenters. The van der Waals surface area contributed by atoms with Crippen LogP contribution in [0.15, 0.2) is 256 Å². The van der Waals surface area contributed by atoms with Gasteiger partial charge < -0.3 is 14.7 Å². The van der Waals surface area contributed by atoms with E-state index in [0.717, 1.165) is 41.1 Å². The van der Waals surface area contributed by atoms with E-state index < -0.39 is 0 Å². The number of fused-ring (bicyclic) bond motifs is 2. The van der Waals surface area contributed by atoms with Crippen molar-refractivity contribution in [2.45, 2.75) is 59.5 Å². The van der Waals surface area contributed by atoms with Crippen molar-refractivity contribution in [2.75, 3.05) is 40.7 Å². The van der Waals surface area contributed by atoms with Crippen molar-refractivity contribution in [2.24, 2.45) is 69.3 Å². The summed E-state index contributed by atoms with van der Waals surface area (Å²) in [5.41, 5.74) is 12.3. The second-order valence-electron chi connectivity index (χ2n) is 26.6. The van der Waals surface area contributed by atoms with Crippen LogP contribution in [0.25, 0.3) is 62.5 Å². The second-order valence-corrected chi connectivity index (χ2v) is 26.6. The van der Waals surface area contributed by atoms with E-state index in [1.165, 1.54) is 62.3 Å². The van der Waals surface area contributed by atoms with Crippen LogP contribution in [-0.2, 0) is 69.8 Å². The van der Waals surface area contributed by atoms with Gasteiger partial charge in [0.1, 0.15) is 69.7 Å². The minimum Gasteiger partial charge on any atom is -0.346 e. The number of nitrogens with zero attached hydrogens (tertiary/aromatic N) is 18. The van der Waals surface area contributed by atoms with Gasteiger partial charge in [-0.15, -0.1) is 0 Å². The Morgan fingerprint density at radius 2 is 0.879 bits per heavy atom. The van der Waals surface area contributed by atoms with Crippen molar-refractivity contribution in [3.8, 4) is 51.6 Å². The molecule has 9 aromatic heterocycles. The molecule has 0 bridgehead atoms. The smallest absolute Gasteiger partial charge is 0.334 e. The molecule has 18 heteroatoms. The molecule has 12 aromatic rings. The molecular weight excluding hydrogens is 1230 g/mol. The number of aromatic nitrogens is 12. The molecular formula is C81H99N18+9. The summed E-state index contributed by atoms with van der Waals surface area (Å²) in [5.74, 6) is 7.55. The van der Waals surface area contributed by atoms with Gasteiger partial charge in [0, 0.05) is 118 Å². The molecule has 99 heavy (non-hydrogen) atoms. The highest BCUT2D eigenvalue weighted by Crippen LogP contribution is 2.42. The minimum absolute atomic E-state index is 0.266. The summed E-state index contributed by atoms with van der Waals surface area (Å²) in [5, 5.41) is 1.35. The largest absolute Gasteiger partial charge is 0.346 e. The van der Waals surface area contributed by atoms with E-state index in [0.29, 0.717) is 18.2 Å². The van der Waals surface area contributed by atoms with Crippen LogP contribution in [-0.4, -0.2) is 63.4 Å². The van der Waals surface area contributed by atoms with Crippen LogP contribution in [0.3, 0.4) is 0 Å². The number of para-hydroxylation sites is 3. The van der Waals surface area contributed by atoms with Gasteiger partial charge >= 0.3 is 5.82 Å². The number of imidazole rings is 1. The highest BCUT2D eigenvalue weighted by molar-refractivity contribution is 5.82. The summed E-state index contributed by atoms with van der Waals surface area (Å²) < 4.78 is 26.3. The van der Waals surface area contributed by atoms with Gasteiger partial charge in [0.15, 0.2) is 32.6 Å². The van der Waals surface area contributed by atoms with Gasteiger partial charge in [-0.3, -0.25) is 0 Å². The van der Waals surface area contributed by atoms with Crippen LogP contribution >= 0.6 is 0 Å². The molecule has 3 aromatic carbocycles. The van der Waals surface area contributed by atoms with Crippen molar-refractivity contribution in [1.29, 1.82) is 0 Å². The lowest BCUT2D eigenvalue weighted by Crippen LogP contribution is -2.48. The van der Waals surface area contributed by atoms with Crippen molar-refractivity contribution in [3.05, 3.63) is 262 Å². The Balaban J connectivity index is 0.000000126. The average molecular weight is 1320 g/mol.